The summed E-state index contributed by atoms with van der Waals surface area (Å²) in [6.45, 7) is 3.36. The van der Waals surface area contributed by atoms with Crippen molar-refractivity contribution < 1.29 is 38.8 Å². The topological polar surface area (TPSA) is 119 Å². The molecular weight excluding hydrogens is 284 g/mol. The summed E-state index contributed by atoms with van der Waals surface area (Å²) in [6.07, 6.45) is -4.50. The molecule has 0 bridgehead atoms. The molecule has 1 aliphatic carbocycles. The van der Waals surface area contributed by atoms with Crippen molar-refractivity contribution in [3.8, 4) is 0 Å². The Morgan fingerprint density at radius 1 is 0.905 bits per heavy atom. The van der Waals surface area contributed by atoms with Crippen LogP contribution in [0.3, 0.4) is 0 Å². The van der Waals surface area contributed by atoms with Crippen LogP contribution in [0.1, 0.15) is 27.2 Å². The van der Waals surface area contributed by atoms with E-state index in [4.69, 9.17) is 14.2 Å². The maximum atomic E-state index is 11.1. The van der Waals surface area contributed by atoms with Gasteiger partial charge >= 0.3 is 17.9 Å². The zero-order chi connectivity index (χ0) is 16.2. The number of carbonyl (C=O) groups excluding carboxylic acids is 3. The average Bonchev–Trinajstić information content (AvgIpc) is 2.33. The van der Waals surface area contributed by atoms with Gasteiger partial charge in [0.25, 0.3) is 0 Å². The Kier molecular flexibility index (Phi) is 6.10. The van der Waals surface area contributed by atoms with Gasteiger partial charge < -0.3 is 24.4 Å². The maximum absolute atomic E-state index is 11.1. The molecule has 0 aromatic rings. The molecule has 0 saturated heterocycles. The van der Waals surface area contributed by atoms with Crippen LogP contribution in [0.15, 0.2) is 0 Å². The van der Waals surface area contributed by atoms with Gasteiger partial charge in [-0.15, -0.1) is 0 Å². The van der Waals surface area contributed by atoms with Crippen molar-refractivity contribution >= 4 is 17.9 Å². The van der Waals surface area contributed by atoms with E-state index in [1.165, 1.54) is 20.8 Å². The third kappa shape index (κ3) is 4.98. The van der Waals surface area contributed by atoms with Gasteiger partial charge in [0.05, 0.1) is 12.0 Å². The smallest absolute Gasteiger partial charge is 0.302 e. The molecule has 2 N–H and O–H groups in total. The van der Waals surface area contributed by atoms with E-state index >= 15 is 0 Å². The molecule has 0 aliphatic heterocycles. The number of ether oxygens (including phenoxy) is 3. The Morgan fingerprint density at radius 2 is 1.43 bits per heavy atom. The summed E-state index contributed by atoms with van der Waals surface area (Å²) in [7, 11) is 0. The van der Waals surface area contributed by atoms with Gasteiger partial charge in [0.2, 0.25) is 0 Å². The van der Waals surface area contributed by atoms with Gasteiger partial charge in [0.1, 0.15) is 24.9 Å². The van der Waals surface area contributed by atoms with Crippen molar-refractivity contribution in [3.63, 3.8) is 0 Å². The molecule has 0 heterocycles. The zero-order valence-corrected chi connectivity index (χ0v) is 12.1. The van der Waals surface area contributed by atoms with E-state index < -0.39 is 48.2 Å². The van der Waals surface area contributed by atoms with Gasteiger partial charge in [-0.05, 0) is 0 Å². The third-order valence-electron chi connectivity index (χ3n) is 3.23. The molecule has 1 saturated carbocycles. The molecule has 0 aromatic carbocycles. The summed E-state index contributed by atoms with van der Waals surface area (Å²) < 4.78 is 14.8. The second-order valence-corrected chi connectivity index (χ2v) is 4.98. The first-order chi connectivity index (χ1) is 9.72. The second-order valence-electron chi connectivity index (χ2n) is 4.98. The number of aliphatic hydroxyl groups excluding tert-OH is 2. The summed E-state index contributed by atoms with van der Waals surface area (Å²) in [5, 5.41) is 20.1. The molecule has 0 unspecified atom stereocenters. The van der Waals surface area contributed by atoms with Crippen molar-refractivity contribution in [3.05, 3.63) is 0 Å². The lowest BCUT2D eigenvalue weighted by atomic mass is 9.80. The van der Waals surface area contributed by atoms with E-state index in [-0.39, 0.29) is 13.0 Å². The van der Waals surface area contributed by atoms with Crippen molar-refractivity contribution in [1.29, 1.82) is 0 Å². The quantitative estimate of drug-likeness (QED) is 0.509. The second kappa shape index (κ2) is 7.37. The largest absolute Gasteiger partial charge is 0.465 e. The number of esters is 3. The van der Waals surface area contributed by atoms with Crippen LogP contribution in [0.4, 0.5) is 0 Å². The Balaban J connectivity index is 2.86. The van der Waals surface area contributed by atoms with Gasteiger partial charge in [-0.1, -0.05) is 0 Å². The normalized spacial score (nSPS) is 32.1. The highest BCUT2D eigenvalue weighted by Gasteiger charge is 2.47. The molecule has 1 aliphatic rings. The van der Waals surface area contributed by atoms with Crippen LogP contribution in [-0.4, -0.2) is 59.1 Å². The molecule has 0 spiro atoms. The first kappa shape index (κ1) is 17.4. The molecule has 0 amide bonds. The van der Waals surface area contributed by atoms with Gasteiger partial charge in [0, 0.05) is 27.2 Å². The molecule has 1 fully saturated rings. The summed E-state index contributed by atoms with van der Waals surface area (Å²) in [5.41, 5.74) is 0. The van der Waals surface area contributed by atoms with Crippen molar-refractivity contribution in [2.45, 2.75) is 51.6 Å². The highest BCUT2D eigenvalue weighted by atomic mass is 16.6. The average molecular weight is 304 g/mol. The molecule has 5 atom stereocenters. The van der Waals surface area contributed by atoms with Gasteiger partial charge in [-0.3, -0.25) is 14.4 Å². The Hall–Kier alpha value is -1.67. The highest BCUT2D eigenvalue weighted by Crippen LogP contribution is 2.30. The number of rotatable bonds is 4. The molecular formula is C13H20O8. The van der Waals surface area contributed by atoms with E-state index in [1.54, 1.807) is 0 Å². The van der Waals surface area contributed by atoms with E-state index in [2.05, 4.69) is 0 Å². The summed E-state index contributed by atoms with van der Waals surface area (Å²) >= 11 is 0. The Labute approximate surface area is 122 Å². The molecule has 21 heavy (non-hydrogen) atoms. The lowest BCUT2D eigenvalue weighted by Crippen LogP contribution is -2.56. The summed E-state index contributed by atoms with van der Waals surface area (Å²) in [4.78, 5) is 33.0. The molecule has 120 valence electrons. The monoisotopic (exact) mass is 304 g/mol. The minimum atomic E-state index is -1.35. The van der Waals surface area contributed by atoms with Crippen LogP contribution in [0, 0.1) is 5.92 Å². The summed E-state index contributed by atoms with van der Waals surface area (Å²) in [6, 6.07) is 0. The minimum absolute atomic E-state index is 0.0172. The van der Waals surface area contributed by atoms with Crippen LogP contribution >= 0.6 is 0 Å². The van der Waals surface area contributed by atoms with E-state index in [0.29, 0.717) is 0 Å². The van der Waals surface area contributed by atoms with E-state index in [9.17, 15) is 24.6 Å². The Morgan fingerprint density at radius 3 is 1.90 bits per heavy atom. The molecule has 0 radical (unpaired) electrons. The molecule has 1 rings (SSSR count). The van der Waals surface area contributed by atoms with Crippen LogP contribution in [0.25, 0.3) is 0 Å². The fourth-order valence-corrected chi connectivity index (χ4v) is 2.34. The van der Waals surface area contributed by atoms with E-state index in [1.807, 2.05) is 0 Å². The number of aliphatic hydroxyl groups is 2. The van der Waals surface area contributed by atoms with Crippen LogP contribution in [0.2, 0.25) is 0 Å². The predicted octanol–water partition coefficient (Wildman–Crippen LogP) is -0.845. The summed E-state index contributed by atoms with van der Waals surface area (Å²) in [5.74, 6) is -2.55. The van der Waals surface area contributed by atoms with Gasteiger partial charge in [-0.25, -0.2) is 0 Å². The SMILES string of the molecule is CC(=O)OC[C@H]1[C@@H](O)[C@@H](O)[C@@H](OC(C)=O)C[C@@H]1OC(C)=O. The molecule has 8 heteroatoms. The van der Waals surface area contributed by atoms with Crippen LogP contribution in [-0.2, 0) is 28.6 Å². The number of carbonyl (C=O) groups is 3. The van der Waals surface area contributed by atoms with Crippen molar-refractivity contribution in [2.24, 2.45) is 5.92 Å². The predicted molar refractivity (Wildman–Crippen MR) is 67.9 cm³/mol. The first-order valence-corrected chi connectivity index (χ1v) is 6.56. The van der Waals surface area contributed by atoms with Gasteiger partial charge in [-0.2, -0.15) is 0 Å². The fourth-order valence-electron chi connectivity index (χ4n) is 2.34. The molecule has 8 nitrogen and oxygen atoms in total. The van der Waals surface area contributed by atoms with Crippen molar-refractivity contribution in [2.75, 3.05) is 6.61 Å². The fraction of sp³-hybridized carbons (Fsp3) is 0.769. The van der Waals surface area contributed by atoms with Crippen LogP contribution < -0.4 is 0 Å². The lowest BCUT2D eigenvalue weighted by molar-refractivity contribution is -0.196. The number of hydrogen-bond acceptors (Lipinski definition) is 8. The third-order valence-corrected chi connectivity index (χ3v) is 3.23. The minimum Gasteiger partial charge on any atom is -0.465 e. The van der Waals surface area contributed by atoms with Crippen molar-refractivity contribution in [1.82, 2.24) is 0 Å². The van der Waals surface area contributed by atoms with Gasteiger partial charge in [0.15, 0.2) is 0 Å². The van der Waals surface area contributed by atoms with E-state index in [0.717, 1.165) is 0 Å². The highest BCUT2D eigenvalue weighted by molar-refractivity contribution is 5.67. The first-order valence-electron chi connectivity index (χ1n) is 6.56. The molecule has 0 aromatic heterocycles. The Bertz CT molecular complexity index is 407. The standard InChI is InChI=1S/C13H20O8/c1-6(14)19-5-9-10(20-7(2)15)4-11(21-8(3)16)13(18)12(9)17/h9-13,17-18H,4-5H2,1-3H3/t9-,10+,11+,12-,13+/m1/s1. The lowest BCUT2D eigenvalue weighted by Gasteiger charge is -2.41. The maximum Gasteiger partial charge on any atom is 0.302 e. The van der Waals surface area contributed by atoms with Crippen LogP contribution in [0.5, 0.6) is 0 Å². The zero-order valence-electron chi connectivity index (χ0n) is 12.1. The number of hydrogen-bond donors (Lipinski definition) is 2.